The lowest BCUT2D eigenvalue weighted by Crippen LogP contribution is -2.44. The summed E-state index contributed by atoms with van der Waals surface area (Å²) in [6.45, 7) is 5.16. The maximum atomic E-state index is 11.4. The fourth-order valence-corrected chi connectivity index (χ4v) is 1.52. The van der Waals surface area contributed by atoms with Crippen molar-refractivity contribution in [2.75, 3.05) is 0 Å². The van der Waals surface area contributed by atoms with Crippen LogP contribution in [0.5, 0.6) is 0 Å². The van der Waals surface area contributed by atoms with Crippen molar-refractivity contribution in [1.29, 1.82) is 0 Å². The van der Waals surface area contributed by atoms with Crippen molar-refractivity contribution in [3.63, 3.8) is 0 Å². The molecule has 3 unspecified atom stereocenters. The fraction of sp³-hybridized carbons (Fsp3) is 0.818. The molecular weight excluding hydrogens is 224 g/mol. The number of nitrogens with one attached hydrogen (secondary N) is 1. The van der Waals surface area contributed by atoms with E-state index in [-0.39, 0.29) is 12.0 Å². The van der Waals surface area contributed by atoms with Crippen LogP contribution in [-0.4, -0.2) is 34.9 Å². The molecule has 1 aliphatic carbocycles. The summed E-state index contributed by atoms with van der Waals surface area (Å²) < 4.78 is 5.00. The van der Waals surface area contributed by atoms with Gasteiger partial charge in [0, 0.05) is 6.04 Å². The van der Waals surface area contributed by atoms with Gasteiger partial charge < -0.3 is 20.9 Å². The summed E-state index contributed by atoms with van der Waals surface area (Å²) >= 11 is 0. The van der Waals surface area contributed by atoms with Gasteiger partial charge in [-0.2, -0.15) is 0 Å². The number of carboxylic acid groups (broad SMARTS) is 1. The van der Waals surface area contributed by atoms with E-state index >= 15 is 0 Å². The minimum atomic E-state index is -1.06. The zero-order valence-corrected chi connectivity index (χ0v) is 10.4. The Labute approximate surface area is 101 Å². The number of alkyl carbamates (subject to hydrolysis) is 1. The lowest BCUT2D eigenvalue weighted by Gasteiger charge is -2.22. The van der Waals surface area contributed by atoms with Crippen LogP contribution in [0.15, 0.2) is 0 Å². The number of hydrogen-bond donors (Lipinski definition) is 3. The molecule has 0 aromatic rings. The Morgan fingerprint density at radius 3 is 2.41 bits per heavy atom. The van der Waals surface area contributed by atoms with Gasteiger partial charge in [-0.1, -0.05) is 0 Å². The summed E-state index contributed by atoms with van der Waals surface area (Å²) in [5.74, 6) is -0.874. The summed E-state index contributed by atoms with van der Waals surface area (Å²) in [6.07, 6.45) is 0.467. The topological polar surface area (TPSA) is 102 Å². The number of amides is 1. The van der Waals surface area contributed by atoms with E-state index in [2.05, 4.69) is 5.32 Å². The van der Waals surface area contributed by atoms with Crippen LogP contribution in [0.25, 0.3) is 0 Å². The number of rotatable bonds is 4. The lowest BCUT2D eigenvalue weighted by molar-refractivity contribution is -0.139. The molecule has 1 aliphatic rings. The highest BCUT2D eigenvalue weighted by Gasteiger charge is 2.38. The molecule has 1 saturated carbocycles. The van der Waals surface area contributed by atoms with E-state index in [1.54, 1.807) is 20.8 Å². The van der Waals surface area contributed by atoms with Crippen LogP contribution >= 0.6 is 0 Å². The fourth-order valence-electron chi connectivity index (χ4n) is 1.52. The Kier molecular flexibility index (Phi) is 3.98. The van der Waals surface area contributed by atoms with Gasteiger partial charge in [0.1, 0.15) is 11.6 Å². The summed E-state index contributed by atoms with van der Waals surface area (Å²) in [7, 11) is 0. The summed E-state index contributed by atoms with van der Waals surface area (Å²) in [5, 5.41) is 11.3. The third kappa shape index (κ3) is 5.04. The van der Waals surface area contributed by atoms with Crippen LogP contribution in [-0.2, 0) is 9.53 Å². The average molecular weight is 244 g/mol. The number of nitrogens with two attached hydrogens (primary N) is 1. The van der Waals surface area contributed by atoms with Crippen molar-refractivity contribution < 1.29 is 19.4 Å². The molecule has 1 fully saturated rings. The smallest absolute Gasteiger partial charge is 0.408 e. The molecule has 98 valence electrons. The molecule has 0 aliphatic heterocycles. The van der Waals surface area contributed by atoms with Gasteiger partial charge in [-0.15, -0.1) is 0 Å². The molecule has 4 N–H and O–H groups in total. The second-order valence-electron chi connectivity index (χ2n) is 5.43. The minimum absolute atomic E-state index is 0.0669. The van der Waals surface area contributed by atoms with Crippen LogP contribution in [0.3, 0.4) is 0 Å². The predicted molar refractivity (Wildman–Crippen MR) is 61.5 cm³/mol. The minimum Gasteiger partial charge on any atom is -0.480 e. The molecule has 0 bridgehead atoms. The van der Waals surface area contributed by atoms with Crippen molar-refractivity contribution in [2.45, 2.75) is 51.3 Å². The number of carboxylic acids is 1. The third-order valence-corrected chi connectivity index (χ3v) is 2.50. The molecule has 1 amide bonds. The monoisotopic (exact) mass is 244 g/mol. The van der Waals surface area contributed by atoms with Crippen LogP contribution in [0.4, 0.5) is 4.79 Å². The molecule has 1 rings (SSSR count). The summed E-state index contributed by atoms with van der Waals surface area (Å²) in [5.41, 5.74) is 4.97. The van der Waals surface area contributed by atoms with Gasteiger partial charge in [-0.3, -0.25) is 0 Å². The molecule has 0 heterocycles. The van der Waals surface area contributed by atoms with Gasteiger partial charge in [0.25, 0.3) is 0 Å². The maximum absolute atomic E-state index is 11.4. The molecule has 6 heteroatoms. The average Bonchev–Trinajstić information content (AvgIpc) is 2.76. The standard InChI is InChI=1S/C11H20N2O4/c1-11(2,3)17-10(16)13-8(9(14)15)5-6-4-7(6)12/h6-8H,4-5,12H2,1-3H3,(H,13,16)(H,14,15). The Hall–Kier alpha value is -1.30. The summed E-state index contributed by atoms with van der Waals surface area (Å²) in [6, 6.07) is -0.860. The van der Waals surface area contributed by atoms with E-state index in [4.69, 9.17) is 15.6 Å². The Morgan fingerprint density at radius 2 is 2.06 bits per heavy atom. The van der Waals surface area contributed by atoms with Crippen molar-refractivity contribution in [3.05, 3.63) is 0 Å². The molecule has 3 atom stereocenters. The first kappa shape index (κ1) is 13.8. The van der Waals surface area contributed by atoms with Crippen molar-refractivity contribution >= 4 is 12.1 Å². The largest absolute Gasteiger partial charge is 0.480 e. The predicted octanol–water partition coefficient (Wildman–Crippen LogP) is 0.702. The second kappa shape index (κ2) is 4.91. The van der Waals surface area contributed by atoms with Gasteiger partial charge in [0.05, 0.1) is 0 Å². The van der Waals surface area contributed by atoms with Crippen molar-refractivity contribution in [1.82, 2.24) is 5.32 Å². The Morgan fingerprint density at radius 1 is 1.53 bits per heavy atom. The zero-order valence-electron chi connectivity index (χ0n) is 10.4. The highest BCUT2D eigenvalue weighted by molar-refractivity contribution is 5.80. The zero-order chi connectivity index (χ0) is 13.2. The van der Waals surface area contributed by atoms with Crippen molar-refractivity contribution in [2.24, 2.45) is 11.7 Å². The van der Waals surface area contributed by atoms with E-state index in [0.29, 0.717) is 6.42 Å². The Balaban J connectivity index is 2.43. The molecule has 0 aromatic carbocycles. The van der Waals surface area contributed by atoms with Gasteiger partial charge >= 0.3 is 12.1 Å². The number of ether oxygens (including phenoxy) is 1. The first-order valence-corrected chi connectivity index (χ1v) is 5.67. The molecule has 17 heavy (non-hydrogen) atoms. The van der Waals surface area contributed by atoms with E-state index < -0.39 is 23.7 Å². The van der Waals surface area contributed by atoms with E-state index in [1.165, 1.54) is 0 Å². The maximum Gasteiger partial charge on any atom is 0.408 e. The first-order chi connectivity index (χ1) is 7.69. The second-order valence-corrected chi connectivity index (χ2v) is 5.43. The quantitative estimate of drug-likeness (QED) is 0.675. The van der Waals surface area contributed by atoms with Crippen LogP contribution < -0.4 is 11.1 Å². The van der Waals surface area contributed by atoms with E-state index in [1.807, 2.05) is 0 Å². The van der Waals surface area contributed by atoms with Gasteiger partial charge in [0.2, 0.25) is 0 Å². The highest BCUT2D eigenvalue weighted by Crippen LogP contribution is 2.32. The van der Waals surface area contributed by atoms with E-state index in [9.17, 15) is 9.59 Å². The molecule has 6 nitrogen and oxygen atoms in total. The third-order valence-electron chi connectivity index (χ3n) is 2.50. The Bertz CT molecular complexity index is 311. The van der Waals surface area contributed by atoms with Gasteiger partial charge in [0.15, 0.2) is 0 Å². The molecule has 0 aromatic heterocycles. The SMILES string of the molecule is CC(C)(C)OC(=O)NC(CC1CC1N)C(=O)O. The molecule has 0 saturated heterocycles. The van der Waals surface area contributed by atoms with Gasteiger partial charge in [-0.05, 0) is 39.5 Å². The number of carbonyl (C=O) groups excluding carboxylic acids is 1. The molecular formula is C11H20N2O4. The normalized spacial score (nSPS) is 24.9. The van der Waals surface area contributed by atoms with Crippen LogP contribution in [0.2, 0.25) is 0 Å². The highest BCUT2D eigenvalue weighted by atomic mass is 16.6. The van der Waals surface area contributed by atoms with E-state index in [0.717, 1.165) is 6.42 Å². The van der Waals surface area contributed by atoms with Crippen LogP contribution in [0.1, 0.15) is 33.6 Å². The lowest BCUT2D eigenvalue weighted by atomic mass is 10.1. The van der Waals surface area contributed by atoms with Crippen molar-refractivity contribution in [3.8, 4) is 0 Å². The first-order valence-electron chi connectivity index (χ1n) is 5.67. The van der Waals surface area contributed by atoms with Gasteiger partial charge in [-0.25, -0.2) is 9.59 Å². The number of carbonyl (C=O) groups is 2. The molecule has 0 spiro atoms. The number of aliphatic carboxylic acids is 1. The molecule has 0 radical (unpaired) electrons. The number of hydrogen-bond acceptors (Lipinski definition) is 4. The van der Waals surface area contributed by atoms with Crippen LogP contribution in [0, 0.1) is 5.92 Å². The summed E-state index contributed by atoms with van der Waals surface area (Å²) in [4.78, 5) is 22.4.